The fraction of sp³-hybridized carbons (Fsp3) is 0.364. The Balaban J connectivity index is 1.47. The average molecular weight is 399 g/mol. The lowest BCUT2D eigenvalue weighted by atomic mass is 10.1. The van der Waals surface area contributed by atoms with E-state index in [0.717, 1.165) is 10.6 Å². The first-order chi connectivity index (χ1) is 13.5. The smallest absolute Gasteiger partial charge is 0.224 e. The minimum Gasteiger partial charge on any atom is -0.378 e. The first-order valence-electron chi connectivity index (χ1n) is 9.52. The first-order valence-corrected chi connectivity index (χ1v) is 10.3. The molecule has 0 aliphatic carbocycles. The van der Waals surface area contributed by atoms with Gasteiger partial charge in [-0.1, -0.05) is 17.8 Å². The summed E-state index contributed by atoms with van der Waals surface area (Å²) in [5, 5.41) is 2.86. The number of anilines is 1. The summed E-state index contributed by atoms with van der Waals surface area (Å²) in [5.41, 5.74) is 3.31. The van der Waals surface area contributed by atoms with Gasteiger partial charge in [0, 0.05) is 41.4 Å². The minimum atomic E-state index is -0.142. The van der Waals surface area contributed by atoms with Gasteiger partial charge >= 0.3 is 0 Å². The molecule has 0 aromatic heterocycles. The summed E-state index contributed by atoms with van der Waals surface area (Å²) in [6.45, 7) is 6.59. The number of carbonyl (C=O) groups is 2. The minimum absolute atomic E-state index is 0.0126. The van der Waals surface area contributed by atoms with E-state index in [-0.39, 0.29) is 24.7 Å². The summed E-state index contributed by atoms with van der Waals surface area (Å²) in [7, 11) is 0. The van der Waals surface area contributed by atoms with Crippen molar-refractivity contribution in [2.75, 3.05) is 31.6 Å². The maximum atomic E-state index is 12.1. The number of carbonyl (C=O) groups excluding carboxylic acids is 2. The second-order valence-corrected chi connectivity index (χ2v) is 8.06. The van der Waals surface area contributed by atoms with Crippen LogP contribution in [0.25, 0.3) is 0 Å². The van der Waals surface area contributed by atoms with Gasteiger partial charge in [-0.2, -0.15) is 0 Å². The van der Waals surface area contributed by atoms with E-state index in [4.69, 9.17) is 4.74 Å². The van der Waals surface area contributed by atoms with E-state index in [2.05, 4.69) is 37.4 Å². The zero-order chi connectivity index (χ0) is 19.9. The van der Waals surface area contributed by atoms with Crippen LogP contribution in [0.3, 0.4) is 0 Å². The van der Waals surface area contributed by atoms with Gasteiger partial charge in [0.15, 0.2) is 0 Å². The molecule has 1 saturated heterocycles. The highest BCUT2D eigenvalue weighted by Gasteiger charge is 2.17. The third kappa shape index (κ3) is 5.84. The number of nitrogens with one attached hydrogen (secondary N) is 1. The fourth-order valence-electron chi connectivity index (χ4n) is 2.93. The number of nitrogens with zero attached hydrogens (tertiary/aromatic N) is 1. The topological polar surface area (TPSA) is 58.6 Å². The standard InChI is InChI=1S/C22H26N2O3S/c1-16-3-6-20(15-17(16)2)28-19-7-4-18(5-8-19)23-21(25)9-10-22(26)24-11-13-27-14-12-24/h3-8,15H,9-14H2,1-2H3,(H,23,25). The summed E-state index contributed by atoms with van der Waals surface area (Å²) in [4.78, 5) is 28.3. The molecule has 0 spiro atoms. The first kappa shape index (κ1) is 20.4. The summed E-state index contributed by atoms with van der Waals surface area (Å²) < 4.78 is 5.24. The Morgan fingerprint density at radius 3 is 2.32 bits per heavy atom. The van der Waals surface area contributed by atoms with Crippen LogP contribution in [0.2, 0.25) is 0 Å². The molecule has 2 aromatic rings. The Bertz CT molecular complexity index is 830. The number of benzene rings is 2. The Hall–Kier alpha value is -2.31. The van der Waals surface area contributed by atoms with Crippen molar-refractivity contribution >= 4 is 29.3 Å². The lowest BCUT2D eigenvalue weighted by molar-refractivity contribution is -0.136. The number of amides is 2. The molecule has 0 unspecified atom stereocenters. The SMILES string of the molecule is Cc1ccc(Sc2ccc(NC(=O)CCC(=O)N3CCOCC3)cc2)cc1C. The number of morpholine rings is 1. The highest BCUT2D eigenvalue weighted by Crippen LogP contribution is 2.29. The Kier molecular flexibility index (Phi) is 7.12. The van der Waals surface area contributed by atoms with E-state index in [1.54, 1.807) is 16.7 Å². The molecule has 148 valence electrons. The van der Waals surface area contributed by atoms with E-state index >= 15 is 0 Å². The molecule has 0 atom stereocenters. The van der Waals surface area contributed by atoms with Crippen LogP contribution in [0.4, 0.5) is 5.69 Å². The molecule has 1 aliphatic heterocycles. The van der Waals surface area contributed by atoms with Gasteiger partial charge in [-0.3, -0.25) is 9.59 Å². The molecule has 2 aromatic carbocycles. The van der Waals surface area contributed by atoms with E-state index in [1.165, 1.54) is 16.0 Å². The van der Waals surface area contributed by atoms with Gasteiger partial charge in [-0.15, -0.1) is 0 Å². The molecule has 2 amide bonds. The van der Waals surface area contributed by atoms with Crippen LogP contribution in [0.5, 0.6) is 0 Å². The molecule has 1 aliphatic rings. The molecule has 0 radical (unpaired) electrons. The third-order valence-corrected chi connectivity index (χ3v) is 5.78. The van der Waals surface area contributed by atoms with E-state index in [1.807, 2.05) is 24.3 Å². The Morgan fingerprint density at radius 1 is 0.964 bits per heavy atom. The Morgan fingerprint density at radius 2 is 1.64 bits per heavy atom. The Labute approximate surface area is 170 Å². The summed E-state index contributed by atoms with van der Waals surface area (Å²) in [5.74, 6) is -0.130. The summed E-state index contributed by atoms with van der Waals surface area (Å²) in [6.07, 6.45) is 0.419. The van der Waals surface area contributed by atoms with Gasteiger partial charge in [0.2, 0.25) is 11.8 Å². The van der Waals surface area contributed by atoms with Crippen molar-refractivity contribution in [3.63, 3.8) is 0 Å². The molecular weight excluding hydrogens is 372 g/mol. The second-order valence-electron chi connectivity index (χ2n) is 6.91. The normalized spacial score (nSPS) is 14.0. The molecule has 0 bridgehead atoms. The largest absolute Gasteiger partial charge is 0.378 e. The van der Waals surface area contributed by atoms with Crippen LogP contribution < -0.4 is 5.32 Å². The van der Waals surface area contributed by atoms with Crippen molar-refractivity contribution in [3.8, 4) is 0 Å². The van der Waals surface area contributed by atoms with Crippen molar-refractivity contribution in [3.05, 3.63) is 53.6 Å². The highest BCUT2D eigenvalue weighted by atomic mass is 32.2. The molecule has 5 nitrogen and oxygen atoms in total. The van der Waals surface area contributed by atoms with E-state index < -0.39 is 0 Å². The quantitative estimate of drug-likeness (QED) is 0.798. The van der Waals surface area contributed by atoms with Gasteiger partial charge < -0.3 is 15.0 Å². The lowest BCUT2D eigenvalue weighted by Crippen LogP contribution is -2.40. The molecular formula is C22H26N2O3S. The maximum absolute atomic E-state index is 12.1. The van der Waals surface area contributed by atoms with E-state index in [0.29, 0.717) is 26.3 Å². The monoisotopic (exact) mass is 398 g/mol. The van der Waals surface area contributed by atoms with Gasteiger partial charge in [-0.25, -0.2) is 0 Å². The van der Waals surface area contributed by atoms with Crippen molar-refractivity contribution in [1.82, 2.24) is 4.90 Å². The molecule has 0 saturated carbocycles. The van der Waals surface area contributed by atoms with Crippen molar-refractivity contribution in [2.45, 2.75) is 36.5 Å². The molecule has 1 N–H and O–H groups in total. The summed E-state index contributed by atoms with van der Waals surface area (Å²) >= 11 is 1.69. The number of ether oxygens (including phenoxy) is 1. The fourth-order valence-corrected chi connectivity index (χ4v) is 3.85. The van der Waals surface area contributed by atoms with Crippen molar-refractivity contribution in [2.24, 2.45) is 0 Å². The van der Waals surface area contributed by atoms with Crippen LogP contribution in [-0.4, -0.2) is 43.0 Å². The summed E-state index contributed by atoms with van der Waals surface area (Å²) in [6, 6.07) is 14.2. The zero-order valence-electron chi connectivity index (χ0n) is 16.4. The molecule has 1 fully saturated rings. The van der Waals surface area contributed by atoms with E-state index in [9.17, 15) is 9.59 Å². The number of aryl methyl sites for hydroxylation is 2. The highest BCUT2D eigenvalue weighted by molar-refractivity contribution is 7.99. The van der Waals surface area contributed by atoms with Crippen LogP contribution in [0.15, 0.2) is 52.3 Å². The van der Waals surface area contributed by atoms with Gasteiger partial charge in [0.05, 0.1) is 13.2 Å². The van der Waals surface area contributed by atoms with Crippen LogP contribution in [0, 0.1) is 13.8 Å². The average Bonchev–Trinajstić information content (AvgIpc) is 2.71. The van der Waals surface area contributed by atoms with Gasteiger partial charge in [0.25, 0.3) is 0 Å². The van der Waals surface area contributed by atoms with Crippen LogP contribution >= 0.6 is 11.8 Å². The molecule has 3 rings (SSSR count). The number of rotatable bonds is 6. The molecule has 28 heavy (non-hydrogen) atoms. The number of hydrogen-bond acceptors (Lipinski definition) is 4. The van der Waals surface area contributed by atoms with Gasteiger partial charge in [-0.05, 0) is 61.4 Å². The maximum Gasteiger partial charge on any atom is 0.224 e. The third-order valence-electron chi connectivity index (χ3n) is 4.78. The van der Waals surface area contributed by atoms with Gasteiger partial charge in [0.1, 0.15) is 0 Å². The molecule has 6 heteroatoms. The number of hydrogen-bond donors (Lipinski definition) is 1. The lowest BCUT2D eigenvalue weighted by Gasteiger charge is -2.26. The predicted octanol–water partition coefficient (Wildman–Crippen LogP) is 4.03. The second kappa shape index (κ2) is 9.75. The van der Waals surface area contributed by atoms with Crippen LogP contribution in [-0.2, 0) is 14.3 Å². The molecule has 1 heterocycles. The predicted molar refractivity (Wildman–Crippen MR) is 112 cm³/mol. The zero-order valence-corrected chi connectivity index (χ0v) is 17.2. The van der Waals surface area contributed by atoms with Crippen LogP contribution in [0.1, 0.15) is 24.0 Å². The van der Waals surface area contributed by atoms with Crippen molar-refractivity contribution < 1.29 is 14.3 Å². The van der Waals surface area contributed by atoms with Crippen molar-refractivity contribution in [1.29, 1.82) is 0 Å².